The number of hydrogen-bond donors (Lipinski definition) is 2. The molecular weight excluding hydrogens is 214 g/mol. The van der Waals surface area contributed by atoms with Crippen LogP contribution in [0.4, 0.5) is 0 Å². The van der Waals surface area contributed by atoms with Gasteiger partial charge in [-0.2, -0.15) is 11.8 Å². The maximum Gasteiger partial charge on any atom is 0.326 e. The van der Waals surface area contributed by atoms with E-state index in [-0.39, 0.29) is 0 Å². The monoisotopic (exact) mass is 233 g/mol. The van der Waals surface area contributed by atoms with Crippen LogP contribution < -0.4 is 5.32 Å². The van der Waals surface area contributed by atoms with Crippen LogP contribution in [0.25, 0.3) is 0 Å². The highest BCUT2D eigenvalue weighted by Gasteiger charge is 2.16. The number of carbonyl (C=O) groups excluding carboxylic acids is 1. The fourth-order valence-corrected chi connectivity index (χ4v) is 2.41. The molecule has 0 aliphatic carbocycles. The Morgan fingerprint density at radius 1 is 1.47 bits per heavy atom. The van der Waals surface area contributed by atoms with Gasteiger partial charge in [-0.1, -0.05) is 13.8 Å². The number of carboxylic acid groups (broad SMARTS) is 1. The molecule has 4 nitrogen and oxygen atoms in total. The van der Waals surface area contributed by atoms with Crippen LogP contribution in [0.1, 0.15) is 33.1 Å². The van der Waals surface area contributed by atoms with Crippen LogP contribution >= 0.6 is 11.8 Å². The predicted octanol–water partition coefficient (Wildman–Crippen LogP) is 1.50. The molecule has 0 radical (unpaired) electrons. The highest BCUT2D eigenvalue weighted by molar-refractivity contribution is 7.99. The lowest BCUT2D eigenvalue weighted by Gasteiger charge is -2.14. The average Bonchev–Trinajstić information content (AvgIpc) is 2.22. The number of hydrogen-bond acceptors (Lipinski definition) is 3. The van der Waals surface area contributed by atoms with Gasteiger partial charge in [0.05, 0.1) is 0 Å². The summed E-state index contributed by atoms with van der Waals surface area (Å²) in [5, 5.41) is 11.6. The minimum absolute atomic E-state index is 0.445. The van der Waals surface area contributed by atoms with Crippen molar-refractivity contribution in [3.63, 3.8) is 0 Å². The van der Waals surface area contributed by atoms with Crippen LogP contribution in [0.2, 0.25) is 0 Å². The first-order valence-electron chi connectivity index (χ1n) is 5.19. The number of carbonyl (C=O) groups is 2. The summed E-state index contributed by atoms with van der Waals surface area (Å²) in [6, 6.07) is -0.746. The molecule has 0 saturated carbocycles. The lowest BCUT2D eigenvalue weighted by Crippen LogP contribution is -2.36. The molecule has 0 heterocycles. The van der Waals surface area contributed by atoms with E-state index in [9.17, 15) is 9.59 Å². The maximum atomic E-state index is 10.7. The Labute approximate surface area is 94.8 Å². The van der Waals surface area contributed by atoms with Crippen molar-refractivity contribution in [1.82, 2.24) is 5.32 Å². The molecule has 2 N–H and O–H groups in total. The normalized spacial score (nSPS) is 12.5. The van der Waals surface area contributed by atoms with Crippen molar-refractivity contribution < 1.29 is 14.7 Å². The molecule has 1 atom stereocenters. The standard InChI is InChI=1S/C10H19NO3S/c1-3-8(4-2)15-6-5-9(10(13)14)11-7-12/h7-9H,3-6H2,1-2H3,(H,11,12)(H,13,14). The second-order valence-corrected chi connectivity index (χ2v) is 4.68. The first kappa shape index (κ1) is 14.3. The zero-order valence-electron chi connectivity index (χ0n) is 9.23. The molecule has 0 aliphatic rings. The van der Waals surface area contributed by atoms with Crippen LogP contribution in [0.5, 0.6) is 0 Å². The van der Waals surface area contributed by atoms with Gasteiger partial charge in [-0.3, -0.25) is 4.79 Å². The van der Waals surface area contributed by atoms with Gasteiger partial charge in [-0.25, -0.2) is 4.79 Å². The van der Waals surface area contributed by atoms with Gasteiger partial charge in [0.1, 0.15) is 6.04 Å². The third-order valence-electron chi connectivity index (χ3n) is 2.24. The van der Waals surface area contributed by atoms with E-state index in [1.807, 2.05) is 0 Å². The van der Waals surface area contributed by atoms with Crippen LogP contribution in [-0.4, -0.2) is 34.5 Å². The maximum absolute atomic E-state index is 10.7. The third-order valence-corrected chi connectivity index (χ3v) is 3.85. The smallest absolute Gasteiger partial charge is 0.326 e. The van der Waals surface area contributed by atoms with Gasteiger partial charge in [0.25, 0.3) is 0 Å². The molecule has 0 aromatic carbocycles. The number of nitrogens with one attached hydrogen (secondary N) is 1. The predicted molar refractivity (Wildman–Crippen MR) is 62.1 cm³/mol. The van der Waals surface area contributed by atoms with Crippen molar-refractivity contribution >= 4 is 24.1 Å². The molecular formula is C10H19NO3S. The minimum Gasteiger partial charge on any atom is -0.480 e. The van der Waals surface area contributed by atoms with Crippen molar-refractivity contribution in [3.8, 4) is 0 Å². The summed E-state index contributed by atoms with van der Waals surface area (Å²) in [4.78, 5) is 20.8. The van der Waals surface area contributed by atoms with Gasteiger partial charge in [-0.15, -0.1) is 0 Å². The fourth-order valence-electron chi connectivity index (χ4n) is 1.24. The highest BCUT2D eigenvalue weighted by Crippen LogP contribution is 2.19. The van der Waals surface area contributed by atoms with E-state index in [0.717, 1.165) is 18.6 Å². The van der Waals surface area contributed by atoms with E-state index in [0.29, 0.717) is 18.1 Å². The summed E-state index contributed by atoms with van der Waals surface area (Å²) in [7, 11) is 0. The number of rotatable bonds is 9. The van der Waals surface area contributed by atoms with Gasteiger partial charge in [0, 0.05) is 5.25 Å². The molecule has 1 amide bonds. The molecule has 0 rings (SSSR count). The molecule has 88 valence electrons. The molecule has 1 unspecified atom stereocenters. The van der Waals surface area contributed by atoms with Crippen LogP contribution in [-0.2, 0) is 9.59 Å². The van der Waals surface area contributed by atoms with E-state index in [1.165, 1.54) is 0 Å². The Balaban J connectivity index is 3.79. The Morgan fingerprint density at radius 3 is 2.47 bits per heavy atom. The molecule has 0 spiro atoms. The van der Waals surface area contributed by atoms with Crippen molar-refractivity contribution in [2.45, 2.75) is 44.4 Å². The zero-order chi connectivity index (χ0) is 11.7. The summed E-state index contributed by atoms with van der Waals surface area (Å²) in [6.45, 7) is 4.25. The van der Waals surface area contributed by atoms with Crippen LogP contribution in [0.3, 0.4) is 0 Å². The second kappa shape index (κ2) is 8.59. The lowest BCUT2D eigenvalue weighted by atomic mass is 10.2. The van der Waals surface area contributed by atoms with E-state index < -0.39 is 12.0 Å². The molecule has 5 heteroatoms. The largest absolute Gasteiger partial charge is 0.480 e. The Kier molecular flexibility index (Phi) is 8.18. The average molecular weight is 233 g/mol. The lowest BCUT2D eigenvalue weighted by molar-refractivity contribution is -0.140. The minimum atomic E-state index is -0.966. The summed E-state index contributed by atoms with van der Waals surface area (Å²) in [5.41, 5.74) is 0. The van der Waals surface area contributed by atoms with E-state index in [1.54, 1.807) is 11.8 Å². The Bertz CT molecular complexity index is 195. The molecule has 0 bridgehead atoms. The Hall–Kier alpha value is -0.710. The molecule has 0 aromatic heterocycles. The molecule has 0 aliphatic heterocycles. The van der Waals surface area contributed by atoms with Crippen LogP contribution in [0, 0.1) is 0 Å². The topological polar surface area (TPSA) is 66.4 Å². The highest BCUT2D eigenvalue weighted by atomic mass is 32.2. The summed E-state index contributed by atoms with van der Waals surface area (Å²) in [5.74, 6) is -0.198. The second-order valence-electron chi connectivity index (χ2n) is 3.27. The van der Waals surface area contributed by atoms with Gasteiger partial charge >= 0.3 is 5.97 Å². The molecule has 15 heavy (non-hydrogen) atoms. The van der Waals surface area contributed by atoms with Gasteiger partial charge in [-0.05, 0) is 25.0 Å². The quantitative estimate of drug-likeness (QED) is 0.592. The van der Waals surface area contributed by atoms with Gasteiger partial charge < -0.3 is 10.4 Å². The fraction of sp³-hybridized carbons (Fsp3) is 0.800. The molecule has 0 fully saturated rings. The van der Waals surface area contributed by atoms with Gasteiger partial charge in [0.2, 0.25) is 6.41 Å². The first-order chi connectivity index (χ1) is 7.15. The number of carboxylic acids is 1. The summed E-state index contributed by atoms with van der Waals surface area (Å²) < 4.78 is 0. The third kappa shape index (κ3) is 6.38. The van der Waals surface area contributed by atoms with Crippen molar-refractivity contribution in [3.05, 3.63) is 0 Å². The zero-order valence-corrected chi connectivity index (χ0v) is 10.0. The summed E-state index contributed by atoms with van der Waals surface area (Å²) >= 11 is 1.77. The van der Waals surface area contributed by atoms with E-state index in [2.05, 4.69) is 19.2 Å². The van der Waals surface area contributed by atoms with E-state index in [4.69, 9.17) is 5.11 Å². The van der Waals surface area contributed by atoms with Crippen molar-refractivity contribution in [2.24, 2.45) is 0 Å². The van der Waals surface area contributed by atoms with Crippen LogP contribution in [0.15, 0.2) is 0 Å². The molecule has 0 saturated heterocycles. The molecule has 0 aromatic rings. The first-order valence-corrected chi connectivity index (χ1v) is 6.24. The van der Waals surface area contributed by atoms with Gasteiger partial charge in [0.15, 0.2) is 0 Å². The van der Waals surface area contributed by atoms with Crippen molar-refractivity contribution in [2.75, 3.05) is 5.75 Å². The Morgan fingerprint density at radius 2 is 2.07 bits per heavy atom. The summed E-state index contributed by atoms with van der Waals surface area (Å²) in [6.07, 6.45) is 3.12. The SMILES string of the molecule is CCC(CC)SCCC(NC=O)C(=O)O. The number of aliphatic carboxylic acids is 1. The van der Waals surface area contributed by atoms with E-state index >= 15 is 0 Å². The van der Waals surface area contributed by atoms with Crippen molar-refractivity contribution in [1.29, 1.82) is 0 Å². The number of thioether (sulfide) groups is 1. The number of amides is 1.